The van der Waals surface area contributed by atoms with Gasteiger partial charge in [-0.15, -0.1) is 0 Å². The van der Waals surface area contributed by atoms with Gasteiger partial charge in [0, 0.05) is 39.8 Å². The van der Waals surface area contributed by atoms with Gasteiger partial charge in [-0.25, -0.2) is 0 Å². The van der Waals surface area contributed by atoms with Crippen LogP contribution in [0.15, 0.2) is 24.3 Å². The standard InChI is InChI=1S/C14H22N2O2/c1-17-12-13-3-2-4-14(11-13)18-10-9-16-7-5-15-6-8-16/h2-4,11,15H,5-10,12H2,1H3. The minimum atomic E-state index is 0.634. The van der Waals surface area contributed by atoms with E-state index in [2.05, 4.69) is 10.2 Å². The molecule has 0 radical (unpaired) electrons. The summed E-state index contributed by atoms with van der Waals surface area (Å²) in [4.78, 5) is 2.43. The van der Waals surface area contributed by atoms with E-state index in [0.29, 0.717) is 6.61 Å². The van der Waals surface area contributed by atoms with E-state index in [0.717, 1.165) is 50.6 Å². The quantitative estimate of drug-likeness (QED) is 0.820. The van der Waals surface area contributed by atoms with Crippen molar-refractivity contribution in [3.63, 3.8) is 0 Å². The van der Waals surface area contributed by atoms with Crippen molar-refractivity contribution in [1.82, 2.24) is 10.2 Å². The second-order valence-electron chi connectivity index (χ2n) is 4.52. The molecule has 1 aliphatic rings. The number of hydrogen-bond donors (Lipinski definition) is 1. The zero-order valence-electron chi connectivity index (χ0n) is 11.0. The van der Waals surface area contributed by atoms with Crippen molar-refractivity contribution < 1.29 is 9.47 Å². The van der Waals surface area contributed by atoms with Crippen LogP contribution in [0.3, 0.4) is 0 Å². The van der Waals surface area contributed by atoms with E-state index in [9.17, 15) is 0 Å². The van der Waals surface area contributed by atoms with Crippen LogP contribution in [0, 0.1) is 0 Å². The summed E-state index contributed by atoms with van der Waals surface area (Å²) in [5, 5.41) is 3.35. The minimum absolute atomic E-state index is 0.634. The molecule has 1 aromatic carbocycles. The Kier molecular flexibility index (Phi) is 5.45. The van der Waals surface area contributed by atoms with Crippen LogP contribution in [0.1, 0.15) is 5.56 Å². The molecule has 0 bridgehead atoms. The number of methoxy groups -OCH3 is 1. The Morgan fingerprint density at radius 1 is 1.28 bits per heavy atom. The van der Waals surface area contributed by atoms with Gasteiger partial charge in [0.05, 0.1) is 6.61 Å². The third-order valence-corrected chi connectivity index (χ3v) is 3.10. The Bertz CT molecular complexity index is 351. The average molecular weight is 250 g/mol. The highest BCUT2D eigenvalue weighted by atomic mass is 16.5. The van der Waals surface area contributed by atoms with E-state index < -0.39 is 0 Å². The monoisotopic (exact) mass is 250 g/mol. The second-order valence-corrected chi connectivity index (χ2v) is 4.52. The molecule has 18 heavy (non-hydrogen) atoms. The largest absolute Gasteiger partial charge is 0.492 e. The van der Waals surface area contributed by atoms with Crippen molar-refractivity contribution in [2.24, 2.45) is 0 Å². The van der Waals surface area contributed by atoms with Gasteiger partial charge in [0.25, 0.3) is 0 Å². The SMILES string of the molecule is COCc1cccc(OCCN2CCNCC2)c1. The fourth-order valence-electron chi connectivity index (χ4n) is 2.12. The van der Waals surface area contributed by atoms with E-state index in [1.807, 2.05) is 24.3 Å². The van der Waals surface area contributed by atoms with Crippen LogP contribution < -0.4 is 10.1 Å². The van der Waals surface area contributed by atoms with Crippen molar-refractivity contribution in [2.75, 3.05) is 46.4 Å². The van der Waals surface area contributed by atoms with Gasteiger partial charge in [0.1, 0.15) is 12.4 Å². The van der Waals surface area contributed by atoms with Crippen LogP contribution in [0.25, 0.3) is 0 Å². The molecular weight excluding hydrogens is 228 g/mol. The molecule has 0 atom stereocenters. The summed E-state index contributed by atoms with van der Waals surface area (Å²) in [6, 6.07) is 8.10. The second kappa shape index (κ2) is 7.36. The van der Waals surface area contributed by atoms with Gasteiger partial charge in [-0.1, -0.05) is 12.1 Å². The van der Waals surface area contributed by atoms with Crippen LogP contribution in [-0.2, 0) is 11.3 Å². The van der Waals surface area contributed by atoms with E-state index in [-0.39, 0.29) is 0 Å². The lowest BCUT2D eigenvalue weighted by molar-refractivity contribution is 0.182. The molecule has 4 nitrogen and oxygen atoms in total. The summed E-state index contributed by atoms with van der Waals surface area (Å²) < 4.78 is 10.9. The summed E-state index contributed by atoms with van der Waals surface area (Å²) in [5.41, 5.74) is 1.15. The topological polar surface area (TPSA) is 33.7 Å². The van der Waals surface area contributed by atoms with Crippen LogP contribution in [-0.4, -0.2) is 51.3 Å². The smallest absolute Gasteiger partial charge is 0.119 e. The molecule has 0 amide bonds. The maximum absolute atomic E-state index is 5.78. The van der Waals surface area contributed by atoms with E-state index in [1.165, 1.54) is 0 Å². The van der Waals surface area contributed by atoms with Crippen LogP contribution >= 0.6 is 0 Å². The molecule has 0 spiro atoms. The number of rotatable bonds is 6. The van der Waals surface area contributed by atoms with E-state index in [4.69, 9.17) is 9.47 Å². The first-order valence-corrected chi connectivity index (χ1v) is 6.52. The first-order valence-electron chi connectivity index (χ1n) is 6.52. The van der Waals surface area contributed by atoms with Crippen molar-refractivity contribution in [3.05, 3.63) is 29.8 Å². The highest BCUT2D eigenvalue weighted by molar-refractivity contribution is 5.28. The molecule has 0 aromatic heterocycles. The molecule has 4 heteroatoms. The maximum atomic E-state index is 5.78. The highest BCUT2D eigenvalue weighted by Gasteiger charge is 2.08. The van der Waals surface area contributed by atoms with E-state index in [1.54, 1.807) is 7.11 Å². The van der Waals surface area contributed by atoms with Gasteiger partial charge in [-0.05, 0) is 17.7 Å². The Labute approximate surface area is 109 Å². The number of nitrogens with zero attached hydrogens (tertiary/aromatic N) is 1. The van der Waals surface area contributed by atoms with Crippen LogP contribution in [0.2, 0.25) is 0 Å². The number of ether oxygens (including phenoxy) is 2. The summed E-state index contributed by atoms with van der Waals surface area (Å²) in [6.07, 6.45) is 0. The van der Waals surface area contributed by atoms with Gasteiger partial charge in [0.2, 0.25) is 0 Å². The molecule has 0 saturated carbocycles. The molecule has 100 valence electrons. The summed E-state index contributed by atoms with van der Waals surface area (Å²) in [7, 11) is 1.71. The lowest BCUT2D eigenvalue weighted by Crippen LogP contribution is -2.44. The zero-order valence-corrected chi connectivity index (χ0v) is 11.0. The normalized spacial score (nSPS) is 16.7. The van der Waals surface area contributed by atoms with Gasteiger partial charge in [0.15, 0.2) is 0 Å². The van der Waals surface area contributed by atoms with Gasteiger partial charge in [-0.2, -0.15) is 0 Å². The van der Waals surface area contributed by atoms with Crippen molar-refractivity contribution >= 4 is 0 Å². The molecule has 1 aromatic rings. The zero-order chi connectivity index (χ0) is 12.6. The first kappa shape index (κ1) is 13.3. The van der Waals surface area contributed by atoms with Crippen LogP contribution in [0.4, 0.5) is 0 Å². The fraction of sp³-hybridized carbons (Fsp3) is 0.571. The lowest BCUT2D eigenvalue weighted by Gasteiger charge is -2.26. The Morgan fingerprint density at radius 3 is 2.89 bits per heavy atom. The summed E-state index contributed by atoms with van der Waals surface area (Å²) in [6.45, 7) is 6.79. The maximum Gasteiger partial charge on any atom is 0.119 e. The molecule has 1 aliphatic heterocycles. The summed E-state index contributed by atoms with van der Waals surface area (Å²) >= 11 is 0. The third-order valence-electron chi connectivity index (χ3n) is 3.10. The average Bonchev–Trinajstić information content (AvgIpc) is 2.41. The molecule has 1 N–H and O–H groups in total. The van der Waals surface area contributed by atoms with Crippen LogP contribution in [0.5, 0.6) is 5.75 Å². The number of nitrogens with one attached hydrogen (secondary N) is 1. The van der Waals surface area contributed by atoms with E-state index >= 15 is 0 Å². The van der Waals surface area contributed by atoms with Gasteiger partial charge in [-0.3, -0.25) is 4.90 Å². The Hall–Kier alpha value is -1.10. The number of hydrogen-bond acceptors (Lipinski definition) is 4. The van der Waals surface area contributed by atoms with Gasteiger partial charge >= 0.3 is 0 Å². The number of benzene rings is 1. The molecule has 2 rings (SSSR count). The third kappa shape index (κ3) is 4.29. The molecular formula is C14H22N2O2. The fourth-order valence-corrected chi connectivity index (χ4v) is 2.12. The Morgan fingerprint density at radius 2 is 2.11 bits per heavy atom. The molecule has 1 heterocycles. The summed E-state index contributed by atoms with van der Waals surface area (Å²) in [5.74, 6) is 0.930. The highest BCUT2D eigenvalue weighted by Crippen LogP contribution is 2.13. The Balaban J connectivity index is 1.73. The molecule has 0 unspecified atom stereocenters. The first-order chi connectivity index (χ1) is 8.88. The molecule has 0 aliphatic carbocycles. The lowest BCUT2D eigenvalue weighted by atomic mass is 10.2. The molecule has 1 saturated heterocycles. The predicted molar refractivity (Wildman–Crippen MR) is 72.0 cm³/mol. The minimum Gasteiger partial charge on any atom is -0.492 e. The number of piperazine rings is 1. The molecule has 1 fully saturated rings. The van der Waals surface area contributed by atoms with Crippen molar-refractivity contribution in [2.45, 2.75) is 6.61 Å². The predicted octanol–water partition coefficient (Wildman–Crippen LogP) is 1.12. The van der Waals surface area contributed by atoms with Crippen molar-refractivity contribution in [3.8, 4) is 5.75 Å². The van der Waals surface area contributed by atoms with Crippen molar-refractivity contribution in [1.29, 1.82) is 0 Å². The van der Waals surface area contributed by atoms with Gasteiger partial charge < -0.3 is 14.8 Å².